The molecule has 0 unspecified atom stereocenters. The number of aromatic nitrogens is 2. The van der Waals surface area contributed by atoms with E-state index < -0.39 is 48.4 Å². The number of hydrogen-bond donors (Lipinski definition) is 7. The number of hydrazine groups is 1. The summed E-state index contributed by atoms with van der Waals surface area (Å²) in [6.45, 7) is -0.479. The molecule has 0 bridgehead atoms. The molecule has 2 amide bonds. The maximum Gasteiger partial charge on any atom is 0.330 e. The number of nitrogens with one attached hydrogen (secondary N) is 2. The SMILES string of the molecule is NNC(N)=O.O=c1ccn([C@@H]2O[C@H](CO)[C@@H](O)[C@H]2O)c(=O)[nH]1. The number of primary amides is 1. The Labute approximate surface area is 122 Å². The zero-order valence-corrected chi connectivity index (χ0v) is 11.2. The minimum atomic E-state index is -1.35. The van der Waals surface area contributed by atoms with Crippen LogP contribution in [0.4, 0.5) is 4.79 Å². The molecule has 1 saturated heterocycles. The van der Waals surface area contributed by atoms with Crippen LogP contribution in [-0.2, 0) is 4.74 Å². The van der Waals surface area contributed by atoms with E-state index in [0.717, 1.165) is 16.8 Å². The highest BCUT2D eigenvalue weighted by molar-refractivity contribution is 5.70. The molecule has 9 N–H and O–H groups in total. The summed E-state index contributed by atoms with van der Waals surface area (Å²) >= 11 is 0. The largest absolute Gasteiger partial charge is 0.394 e. The summed E-state index contributed by atoms with van der Waals surface area (Å²) in [6, 6.07) is 0.376. The van der Waals surface area contributed by atoms with Crippen molar-refractivity contribution in [2.45, 2.75) is 24.5 Å². The van der Waals surface area contributed by atoms with Gasteiger partial charge in [0.25, 0.3) is 5.56 Å². The second-order valence-electron chi connectivity index (χ2n) is 4.25. The maximum absolute atomic E-state index is 11.4. The standard InChI is InChI=1S/C9H12N2O6.CH5N3O/c12-3-4-6(14)7(15)8(17-4)11-2-1-5(13)10-9(11)16;2-1(5)4-3/h1-2,4,6-8,12,14-15H,3H2,(H,10,13,16);3H2,(H3,2,4,5)/t4-,6-,7-,8-;/m1./s1. The summed E-state index contributed by atoms with van der Waals surface area (Å²) < 4.78 is 6.08. The number of carbonyl (C=O) groups excluding carboxylic acids is 1. The van der Waals surface area contributed by atoms with Gasteiger partial charge in [0.15, 0.2) is 6.23 Å². The molecule has 0 aromatic carbocycles. The van der Waals surface area contributed by atoms with Crippen molar-refractivity contribution in [3.05, 3.63) is 33.1 Å². The van der Waals surface area contributed by atoms with Crippen molar-refractivity contribution in [3.63, 3.8) is 0 Å². The van der Waals surface area contributed by atoms with Crippen LogP contribution in [0.2, 0.25) is 0 Å². The van der Waals surface area contributed by atoms with Crippen LogP contribution in [-0.4, -0.2) is 55.8 Å². The van der Waals surface area contributed by atoms with Crippen LogP contribution in [0.3, 0.4) is 0 Å². The van der Waals surface area contributed by atoms with Crippen LogP contribution >= 0.6 is 0 Å². The predicted molar refractivity (Wildman–Crippen MR) is 71.2 cm³/mol. The molecular formula is C10H17N5O7. The molecule has 1 fully saturated rings. The average Bonchev–Trinajstić information content (AvgIpc) is 2.76. The fraction of sp³-hybridized carbons (Fsp3) is 0.500. The quantitative estimate of drug-likeness (QED) is 0.161. The van der Waals surface area contributed by atoms with Crippen LogP contribution in [0.15, 0.2) is 21.9 Å². The summed E-state index contributed by atoms with van der Waals surface area (Å²) in [5, 5.41) is 28.1. The first-order chi connectivity index (χ1) is 10.3. The molecule has 0 spiro atoms. The van der Waals surface area contributed by atoms with Gasteiger partial charge in [-0.05, 0) is 0 Å². The second kappa shape index (κ2) is 7.67. The number of nitrogens with zero attached hydrogens (tertiary/aromatic N) is 1. The van der Waals surface area contributed by atoms with Crippen LogP contribution in [0.5, 0.6) is 0 Å². The van der Waals surface area contributed by atoms with Crippen molar-refractivity contribution >= 4 is 6.03 Å². The van der Waals surface area contributed by atoms with Crippen molar-refractivity contribution in [1.29, 1.82) is 0 Å². The second-order valence-corrected chi connectivity index (χ2v) is 4.25. The molecule has 22 heavy (non-hydrogen) atoms. The van der Waals surface area contributed by atoms with Gasteiger partial charge < -0.3 is 25.8 Å². The molecule has 124 valence electrons. The van der Waals surface area contributed by atoms with Gasteiger partial charge in [-0.3, -0.25) is 19.8 Å². The van der Waals surface area contributed by atoms with Gasteiger partial charge in [0, 0.05) is 12.3 Å². The van der Waals surface area contributed by atoms with Gasteiger partial charge in [-0.25, -0.2) is 15.4 Å². The lowest BCUT2D eigenvalue weighted by atomic mass is 10.1. The van der Waals surface area contributed by atoms with Crippen LogP contribution in [0.25, 0.3) is 0 Å². The van der Waals surface area contributed by atoms with Gasteiger partial charge in [-0.1, -0.05) is 0 Å². The maximum atomic E-state index is 11.4. The van der Waals surface area contributed by atoms with Crippen molar-refractivity contribution < 1.29 is 24.9 Å². The highest BCUT2D eigenvalue weighted by atomic mass is 16.6. The van der Waals surface area contributed by atoms with Crippen molar-refractivity contribution in [2.24, 2.45) is 11.6 Å². The molecule has 2 rings (SSSR count). The molecule has 12 nitrogen and oxygen atoms in total. The van der Waals surface area contributed by atoms with E-state index in [-0.39, 0.29) is 0 Å². The number of hydrogen-bond acceptors (Lipinski definition) is 8. The molecule has 0 aliphatic carbocycles. The molecule has 1 aliphatic heterocycles. The van der Waals surface area contributed by atoms with Gasteiger partial charge in [0.05, 0.1) is 6.61 Å². The Hall–Kier alpha value is -2.25. The predicted octanol–water partition coefficient (Wildman–Crippen LogP) is -4.32. The number of aromatic amines is 1. The van der Waals surface area contributed by atoms with E-state index in [0.29, 0.717) is 0 Å². The number of H-pyrrole nitrogens is 1. The highest BCUT2D eigenvalue weighted by Gasteiger charge is 2.43. The van der Waals surface area contributed by atoms with Crippen LogP contribution < -0.4 is 28.3 Å². The van der Waals surface area contributed by atoms with Crippen LogP contribution in [0, 0.1) is 0 Å². The first-order valence-electron chi connectivity index (χ1n) is 6.01. The number of ether oxygens (including phenoxy) is 1. The number of aliphatic hydroxyl groups is 3. The summed E-state index contributed by atoms with van der Waals surface area (Å²) in [7, 11) is 0. The van der Waals surface area contributed by atoms with E-state index in [1.807, 2.05) is 4.98 Å². The van der Waals surface area contributed by atoms with Crippen molar-refractivity contribution in [1.82, 2.24) is 15.0 Å². The Bertz CT molecular complexity index is 614. The minimum absolute atomic E-state index is 0.479. The van der Waals surface area contributed by atoms with Crippen LogP contribution in [0.1, 0.15) is 6.23 Å². The lowest BCUT2D eigenvalue weighted by Crippen LogP contribution is -2.37. The lowest BCUT2D eigenvalue weighted by molar-refractivity contribution is -0.0550. The average molecular weight is 319 g/mol. The zero-order valence-electron chi connectivity index (χ0n) is 11.2. The Balaban J connectivity index is 0.000000422. The first-order valence-corrected chi connectivity index (χ1v) is 6.01. The van der Waals surface area contributed by atoms with E-state index in [4.69, 9.17) is 9.84 Å². The summed E-state index contributed by atoms with van der Waals surface area (Å²) in [6.07, 6.45) is -3.58. The molecule has 1 aromatic rings. The van der Waals surface area contributed by atoms with Gasteiger partial charge in [-0.2, -0.15) is 0 Å². The smallest absolute Gasteiger partial charge is 0.330 e. The van der Waals surface area contributed by atoms with Crippen molar-refractivity contribution in [3.8, 4) is 0 Å². The van der Waals surface area contributed by atoms with Gasteiger partial charge in [-0.15, -0.1) is 0 Å². The molecule has 0 radical (unpaired) electrons. The summed E-state index contributed by atoms with van der Waals surface area (Å²) in [5.41, 5.74) is 4.75. The number of aliphatic hydroxyl groups excluding tert-OH is 3. The Morgan fingerprint density at radius 3 is 2.41 bits per heavy atom. The molecular weight excluding hydrogens is 302 g/mol. The number of nitrogens with two attached hydrogens (primary N) is 2. The van der Waals surface area contributed by atoms with E-state index in [1.165, 1.54) is 0 Å². The third kappa shape index (κ3) is 4.12. The van der Waals surface area contributed by atoms with Gasteiger partial charge in [0.2, 0.25) is 0 Å². The van der Waals surface area contributed by atoms with E-state index >= 15 is 0 Å². The van der Waals surface area contributed by atoms with Gasteiger partial charge in [0.1, 0.15) is 18.3 Å². The zero-order chi connectivity index (χ0) is 16.9. The molecule has 4 atom stereocenters. The molecule has 1 aromatic heterocycles. The fourth-order valence-electron chi connectivity index (χ4n) is 1.74. The highest BCUT2D eigenvalue weighted by Crippen LogP contribution is 2.27. The molecule has 0 saturated carbocycles. The summed E-state index contributed by atoms with van der Waals surface area (Å²) in [5.74, 6) is 4.45. The Morgan fingerprint density at radius 1 is 1.41 bits per heavy atom. The minimum Gasteiger partial charge on any atom is -0.394 e. The third-order valence-electron chi connectivity index (χ3n) is 2.78. The fourth-order valence-corrected chi connectivity index (χ4v) is 1.74. The first kappa shape index (κ1) is 17.8. The number of carbonyl (C=O) groups is 1. The topological polar surface area (TPSA) is 206 Å². The van der Waals surface area contributed by atoms with Gasteiger partial charge >= 0.3 is 11.7 Å². The van der Waals surface area contributed by atoms with E-state index in [1.54, 1.807) is 5.43 Å². The number of urea groups is 1. The molecule has 1 aliphatic rings. The normalized spacial score (nSPS) is 26.9. The van der Waals surface area contributed by atoms with E-state index in [2.05, 4.69) is 11.6 Å². The molecule has 12 heteroatoms. The van der Waals surface area contributed by atoms with E-state index in [9.17, 15) is 24.6 Å². The summed E-state index contributed by atoms with van der Waals surface area (Å²) in [4.78, 5) is 33.7. The monoisotopic (exact) mass is 319 g/mol. The molecule has 2 heterocycles. The Morgan fingerprint density at radius 2 is 2.00 bits per heavy atom. The lowest BCUT2D eigenvalue weighted by Gasteiger charge is -2.16. The Kier molecular flexibility index (Phi) is 6.21. The number of amides is 2. The van der Waals surface area contributed by atoms with Crippen molar-refractivity contribution in [2.75, 3.05) is 6.61 Å². The number of rotatable bonds is 2. The third-order valence-corrected chi connectivity index (χ3v) is 2.78.